The SMILES string of the molecule is Cc1ccc2c(c1)c1ccccc1n2-c1c(-c2ccncc2)c(-n2c3ccccc3c3cc(C)ccc32)c(-n2c3ccccc3c3cc(C)ccc32)c(-n2c3ccccc3c3cc(C)ccc32)c1-c1cc(-c2ccccc2)nc(-c2ccccc2)n1. The zero-order valence-electron chi connectivity index (χ0n) is 48.0. The molecule has 0 N–H and O–H groups in total. The fourth-order valence-electron chi connectivity index (χ4n) is 14.0. The molecule has 0 amide bonds. The molecular formula is C79H55N7. The number of fused-ring (bicyclic) bond motifs is 12. The summed E-state index contributed by atoms with van der Waals surface area (Å²) in [5.41, 5.74) is 23.6. The van der Waals surface area contributed by atoms with E-state index in [1.54, 1.807) is 0 Å². The molecule has 0 bridgehead atoms. The van der Waals surface area contributed by atoms with Gasteiger partial charge in [0.05, 0.1) is 83.8 Å². The van der Waals surface area contributed by atoms with Gasteiger partial charge in [-0.25, -0.2) is 9.97 Å². The van der Waals surface area contributed by atoms with Crippen molar-refractivity contribution < 1.29 is 0 Å². The molecule has 0 atom stereocenters. The van der Waals surface area contributed by atoms with Gasteiger partial charge in [0.1, 0.15) is 0 Å². The number of benzene rings is 11. The lowest BCUT2D eigenvalue weighted by Crippen LogP contribution is -2.16. The van der Waals surface area contributed by atoms with E-state index in [0.717, 1.165) is 133 Å². The lowest BCUT2D eigenvalue weighted by molar-refractivity contribution is 1.03. The second kappa shape index (κ2) is 19.2. The van der Waals surface area contributed by atoms with Crippen LogP contribution in [0.1, 0.15) is 22.3 Å². The van der Waals surface area contributed by atoms with Gasteiger partial charge in [0.2, 0.25) is 0 Å². The van der Waals surface area contributed by atoms with Crippen molar-refractivity contribution in [1.82, 2.24) is 33.2 Å². The summed E-state index contributed by atoms with van der Waals surface area (Å²) in [6.07, 6.45) is 3.90. The van der Waals surface area contributed by atoms with Crippen molar-refractivity contribution in [2.75, 3.05) is 0 Å². The van der Waals surface area contributed by atoms with Crippen LogP contribution in [0.3, 0.4) is 0 Å². The maximum absolute atomic E-state index is 6.02. The first-order chi connectivity index (χ1) is 42.3. The predicted octanol–water partition coefficient (Wildman–Crippen LogP) is 20.2. The molecule has 0 aliphatic heterocycles. The Balaban J connectivity index is 1.26. The van der Waals surface area contributed by atoms with E-state index in [0.29, 0.717) is 5.82 Å². The van der Waals surface area contributed by atoms with Crippen molar-refractivity contribution >= 4 is 87.2 Å². The summed E-state index contributed by atoms with van der Waals surface area (Å²) in [6, 6.07) is 91.4. The van der Waals surface area contributed by atoms with Crippen LogP contribution in [0.5, 0.6) is 0 Å². The maximum Gasteiger partial charge on any atom is 0.160 e. The van der Waals surface area contributed by atoms with Gasteiger partial charge in [-0.1, -0.05) is 180 Å². The Hall–Kier alpha value is -11.2. The minimum atomic E-state index is 0.621. The Morgan fingerprint density at radius 2 is 0.581 bits per heavy atom. The van der Waals surface area contributed by atoms with E-state index in [1.807, 2.05) is 12.4 Å². The van der Waals surface area contributed by atoms with Crippen LogP contribution < -0.4 is 0 Å². The molecular weight excluding hydrogens is 1050 g/mol. The molecule has 7 heteroatoms. The molecule has 7 nitrogen and oxygen atoms in total. The lowest BCUT2D eigenvalue weighted by Gasteiger charge is -2.31. The first kappa shape index (κ1) is 49.5. The average molecular weight is 1100 g/mol. The molecule has 6 aromatic heterocycles. The highest BCUT2D eigenvalue weighted by Gasteiger charge is 2.36. The third kappa shape index (κ3) is 7.44. The first-order valence-electron chi connectivity index (χ1n) is 29.5. The molecule has 0 aliphatic carbocycles. The molecule has 406 valence electrons. The smallest absolute Gasteiger partial charge is 0.160 e. The van der Waals surface area contributed by atoms with Gasteiger partial charge in [-0.2, -0.15) is 0 Å². The monoisotopic (exact) mass is 1100 g/mol. The minimum Gasteiger partial charge on any atom is -0.308 e. The number of aromatic nitrogens is 7. The number of para-hydroxylation sites is 4. The molecule has 0 spiro atoms. The molecule has 17 rings (SSSR count). The third-order valence-corrected chi connectivity index (χ3v) is 17.7. The van der Waals surface area contributed by atoms with Crippen LogP contribution in [0.4, 0.5) is 0 Å². The molecule has 17 aromatic rings. The molecule has 0 radical (unpaired) electrons. The van der Waals surface area contributed by atoms with E-state index >= 15 is 0 Å². The van der Waals surface area contributed by atoms with Crippen molar-refractivity contribution in [3.8, 4) is 67.8 Å². The summed E-state index contributed by atoms with van der Waals surface area (Å²) >= 11 is 0. The molecule has 0 aliphatic rings. The third-order valence-electron chi connectivity index (χ3n) is 17.7. The minimum absolute atomic E-state index is 0.621. The second-order valence-electron chi connectivity index (χ2n) is 23.1. The van der Waals surface area contributed by atoms with Gasteiger partial charge in [-0.3, -0.25) is 4.98 Å². The predicted molar refractivity (Wildman–Crippen MR) is 358 cm³/mol. The fourth-order valence-corrected chi connectivity index (χ4v) is 14.0. The lowest BCUT2D eigenvalue weighted by atomic mass is 9.91. The van der Waals surface area contributed by atoms with Crippen LogP contribution in [0.2, 0.25) is 0 Å². The normalized spacial score (nSPS) is 12.0. The average Bonchev–Trinajstić information content (AvgIpc) is 1.67. The quantitative estimate of drug-likeness (QED) is 0.152. The van der Waals surface area contributed by atoms with Crippen molar-refractivity contribution in [2.24, 2.45) is 0 Å². The standard InChI is InChI=1S/C79H55N7/c1-48-31-35-69-59(43-48)55-23-11-15-27-65(55)83(69)75-73(53-39-41-80-42-40-53)76(84-66-28-16-12-24-56(66)60-44-49(2)32-36-70(60)84)78(86-68-30-18-14-26-58(68)62-46-51(4)34-38-72(62)86)77(85-67-29-17-13-25-57(67)61-45-50(3)33-37-71(61)85)74(75)64-47-63(52-19-7-5-8-20-52)81-79(82-64)54-21-9-6-10-22-54/h5-47H,1-4H3. The van der Waals surface area contributed by atoms with Gasteiger partial charge >= 0.3 is 0 Å². The highest BCUT2D eigenvalue weighted by atomic mass is 15.1. The van der Waals surface area contributed by atoms with Crippen LogP contribution in [0.15, 0.2) is 261 Å². The summed E-state index contributed by atoms with van der Waals surface area (Å²) in [5.74, 6) is 0.621. The number of nitrogens with zero attached hydrogens (tertiary/aromatic N) is 7. The molecule has 0 saturated heterocycles. The van der Waals surface area contributed by atoms with Crippen LogP contribution >= 0.6 is 0 Å². The second-order valence-corrected chi connectivity index (χ2v) is 23.1. The first-order valence-corrected chi connectivity index (χ1v) is 29.5. The van der Waals surface area contributed by atoms with Crippen molar-refractivity contribution in [1.29, 1.82) is 0 Å². The van der Waals surface area contributed by atoms with Gasteiger partial charge < -0.3 is 18.3 Å². The summed E-state index contributed by atoms with van der Waals surface area (Å²) in [5, 5.41) is 9.29. The molecule has 6 heterocycles. The zero-order valence-corrected chi connectivity index (χ0v) is 48.0. The zero-order chi connectivity index (χ0) is 57.3. The molecule has 0 fully saturated rings. The Labute approximate surface area is 496 Å². The Morgan fingerprint density at radius 1 is 0.244 bits per heavy atom. The van der Waals surface area contributed by atoms with Crippen LogP contribution in [-0.2, 0) is 0 Å². The Morgan fingerprint density at radius 3 is 1.01 bits per heavy atom. The van der Waals surface area contributed by atoms with Crippen molar-refractivity contribution in [3.63, 3.8) is 0 Å². The largest absolute Gasteiger partial charge is 0.308 e. The number of aryl methyl sites for hydroxylation is 4. The van der Waals surface area contributed by atoms with E-state index in [-0.39, 0.29) is 0 Å². The van der Waals surface area contributed by atoms with E-state index in [4.69, 9.17) is 15.0 Å². The molecule has 0 unspecified atom stereocenters. The van der Waals surface area contributed by atoms with Crippen LogP contribution in [0, 0.1) is 27.7 Å². The Kier molecular flexibility index (Phi) is 11.0. The summed E-state index contributed by atoms with van der Waals surface area (Å²) < 4.78 is 10.3. The van der Waals surface area contributed by atoms with Crippen LogP contribution in [0.25, 0.3) is 155 Å². The summed E-state index contributed by atoms with van der Waals surface area (Å²) in [4.78, 5) is 16.4. The summed E-state index contributed by atoms with van der Waals surface area (Å²) in [7, 11) is 0. The van der Waals surface area contributed by atoms with Crippen molar-refractivity contribution in [2.45, 2.75) is 27.7 Å². The van der Waals surface area contributed by atoms with E-state index in [2.05, 4.69) is 295 Å². The summed E-state index contributed by atoms with van der Waals surface area (Å²) in [6.45, 7) is 8.80. The van der Waals surface area contributed by atoms with Crippen LogP contribution in [-0.4, -0.2) is 33.2 Å². The van der Waals surface area contributed by atoms with E-state index in [1.165, 1.54) is 38.4 Å². The maximum atomic E-state index is 6.02. The number of pyridine rings is 1. The molecule has 0 saturated carbocycles. The fraction of sp³-hybridized carbons (Fsp3) is 0.0506. The van der Waals surface area contributed by atoms with E-state index < -0.39 is 0 Å². The number of rotatable bonds is 8. The number of hydrogen-bond donors (Lipinski definition) is 0. The van der Waals surface area contributed by atoms with Gasteiger partial charge in [-0.05, 0) is 124 Å². The highest BCUT2D eigenvalue weighted by Crippen LogP contribution is 2.55. The van der Waals surface area contributed by atoms with Gasteiger partial charge in [-0.15, -0.1) is 0 Å². The van der Waals surface area contributed by atoms with Crippen molar-refractivity contribution in [3.05, 3.63) is 283 Å². The van der Waals surface area contributed by atoms with Gasteiger partial charge in [0.25, 0.3) is 0 Å². The Bertz CT molecular complexity index is 5570. The highest BCUT2D eigenvalue weighted by molar-refractivity contribution is 6.19. The topological polar surface area (TPSA) is 58.4 Å². The number of hydrogen-bond acceptors (Lipinski definition) is 3. The molecule has 86 heavy (non-hydrogen) atoms. The molecule has 11 aromatic carbocycles. The van der Waals surface area contributed by atoms with Gasteiger partial charge in [0.15, 0.2) is 5.82 Å². The van der Waals surface area contributed by atoms with E-state index in [9.17, 15) is 0 Å². The van der Waals surface area contributed by atoms with Gasteiger partial charge in [0, 0.05) is 72.2 Å².